The summed E-state index contributed by atoms with van der Waals surface area (Å²) in [5.41, 5.74) is 2.20. The monoisotopic (exact) mass is 353 g/mol. The van der Waals surface area contributed by atoms with Crippen molar-refractivity contribution in [2.45, 2.75) is 0 Å². The van der Waals surface area contributed by atoms with Crippen LogP contribution in [0.3, 0.4) is 0 Å². The molecule has 0 aliphatic carbocycles. The van der Waals surface area contributed by atoms with E-state index in [1.54, 1.807) is 42.9 Å². The van der Waals surface area contributed by atoms with E-state index in [0.717, 1.165) is 10.9 Å². The maximum Gasteiger partial charge on any atom is 0.260 e. The Morgan fingerprint density at radius 2 is 1.81 bits per heavy atom. The summed E-state index contributed by atoms with van der Waals surface area (Å²) in [5.74, 6) is -0.383. The second-order valence-corrected chi connectivity index (χ2v) is 5.95. The summed E-state index contributed by atoms with van der Waals surface area (Å²) in [7, 11) is 0. The second-order valence-electron chi connectivity index (χ2n) is 5.95. The highest BCUT2D eigenvalue weighted by Gasteiger charge is 2.19. The van der Waals surface area contributed by atoms with E-state index in [1.807, 2.05) is 36.4 Å². The van der Waals surface area contributed by atoms with Crippen LogP contribution in [0.5, 0.6) is 0 Å². The van der Waals surface area contributed by atoms with Gasteiger partial charge in [0.15, 0.2) is 5.78 Å². The number of para-hydroxylation sites is 1. The number of pyridine rings is 3. The summed E-state index contributed by atoms with van der Waals surface area (Å²) in [6.07, 6.45) is 7.99. The molecule has 0 spiro atoms. The van der Waals surface area contributed by atoms with Gasteiger partial charge < -0.3 is 4.98 Å². The zero-order valence-corrected chi connectivity index (χ0v) is 14.3. The average molecular weight is 353 g/mol. The van der Waals surface area contributed by atoms with Crippen LogP contribution < -0.4 is 5.56 Å². The van der Waals surface area contributed by atoms with Gasteiger partial charge in [-0.3, -0.25) is 19.6 Å². The lowest BCUT2D eigenvalue weighted by Crippen LogP contribution is -2.18. The van der Waals surface area contributed by atoms with Gasteiger partial charge in [-0.25, -0.2) is 0 Å². The van der Waals surface area contributed by atoms with Crippen LogP contribution in [0.25, 0.3) is 28.2 Å². The van der Waals surface area contributed by atoms with E-state index in [-0.39, 0.29) is 11.3 Å². The van der Waals surface area contributed by atoms with Crippen molar-refractivity contribution in [2.24, 2.45) is 0 Å². The van der Waals surface area contributed by atoms with Crippen molar-refractivity contribution in [2.75, 3.05) is 0 Å². The van der Waals surface area contributed by atoms with Gasteiger partial charge in [-0.05, 0) is 42.0 Å². The molecule has 4 rings (SSSR count). The van der Waals surface area contributed by atoms with Crippen molar-refractivity contribution in [3.63, 3.8) is 0 Å². The highest BCUT2D eigenvalue weighted by molar-refractivity contribution is 6.14. The quantitative estimate of drug-likeness (QED) is 0.446. The lowest BCUT2D eigenvalue weighted by Gasteiger charge is -2.10. The van der Waals surface area contributed by atoms with Gasteiger partial charge in [-0.2, -0.15) is 0 Å². The molecule has 0 aliphatic rings. The first-order valence-electron chi connectivity index (χ1n) is 8.43. The Morgan fingerprint density at radius 3 is 2.59 bits per heavy atom. The number of fused-ring (bicyclic) bond motifs is 1. The molecule has 130 valence electrons. The molecule has 5 heteroatoms. The largest absolute Gasteiger partial charge is 0.321 e. The molecule has 0 amide bonds. The minimum absolute atomic E-state index is 0.0764. The number of carbonyl (C=O) groups is 1. The zero-order chi connectivity index (χ0) is 18.6. The molecule has 0 fully saturated rings. The SMILES string of the molecule is O=C(/C=C/c1cccnc1)c1c(-c2ccccn2)c2ccccc2[nH]c1=O. The molecule has 0 aliphatic heterocycles. The van der Waals surface area contributed by atoms with Crippen molar-refractivity contribution in [3.8, 4) is 11.3 Å². The molecule has 1 N–H and O–H groups in total. The first-order chi connectivity index (χ1) is 13.2. The van der Waals surface area contributed by atoms with Gasteiger partial charge >= 0.3 is 0 Å². The first-order valence-corrected chi connectivity index (χ1v) is 8.43. The van der Waals surface area contributed by atoms with E-state index >= 15 is 0 Å². The molecule has 0 saturated heterocycles. The number of nitrogens with zero attached hydrogens (tertiary/aromatic N) is 2. The lowest BCUT2D eigenvalue weighted by molar-refractivity contribution is 0.104. The molecule has 0 radical (unpaired) electrons. The number of ketones is 1. The van der Waals surface area contributed by atoms with Crippen LogP contribution in [0.4, 0.5) is 0 Å². The Labute approximate surface area is 155 Å². The highest BCUT2D eigenvalue weighted by Crippen LogP contribution is 2.28. The smallest absolute Gasteiger partial charge is 0.260 e. The minimum Gasteiger partial charge on any atom is -0.321 e. The molecular formula is C22H15N3O2. The van der Waals surface area contributed by atoms with Crippen molar-refractivity contribution in [3.05, 3.63) is 101 Å². The number of hydrogen-bond acceptors (Lipinski definition) is 4. The van der Waals surface area contributed by atoms with Crippen molar-refractivity contribution >= 4 is 22.8 Å². The summed E-state index contributed by atoms with van der Waals surface area (Å²) in [5, 5.41) is 0.772. The van der Waals surface area contributed by atoms with Gasteiger partial charge in [0.2, 0.25) is 0 Å². The third kappa shape index (κ3) is 3.30. The predicted molar refractivity (Wildman–Crippen MR) is 105 cm³/mol. The van der Waals surface area contributed by atoms with Crippen LogP contribution in [0.15, 0.2) is 84.1 Å². The Morgan fingerprint density at radius 1 is 0.963 bits per heavy atom. The molecule has 3 heterocycles. The number of benzene rings is 1. The molecule has 0 bridgehead atoms. The number of allylic oxidation sites excluding steroid dienone is 1. The van der Waals surface area contributed by atoms with E-state index in [0.29, 0.717) is 16.8 Å². The molecule has 27 heavy (non-hydrogen) atoms. The number of aromatic amines is 1. The molecule has 3 aromatic heterocycles. The Hall–Kier alpha value is -3.86. The zero-order valence-electron chi connectivity index (χ0n) is 14.3. The van der Waals surface area contributed by atoms with Crippen LogP contribution in [0, 0.1) is 0 Å². The lowest BCUT2D eigenvalue weighted by atomic mass is 9.97. The Balaban J connectivity index is 1.92. The maximum atomic E-state index is 12.9. The molecular weight excluding hydrogens is 338 g/mol. The Bertz CT molecular complexity index is 1200. The third-order valence-electron chi connectivity index (χ3n) is 4.20. The molecule has 4 aromatic rings. The fraction of sp³-hybridized carbons (Fsp3) is 0. The fourth-order valence-corrected chi connectivity index (χ4v) is 2.98. The van der Waals surface area contributed by atoms with Gasteiger partial charge in [0.05, 0.1) is 11.3 Å². The normalized spacial score (nSPS) is 11.1. The summed E-state index contributed by atoms with van der Waals surface area (Å²) >= 11 is 0. The van der Waals surface area contributed by atoms with Gasteiger partial charge in [-0.15, -0.1) is 0 Å². The Kier molecular flexibility index (Phi) is 4.41. The summed E-state index contributed by atoms with van der Waals surface area (Å²) in [6, 6.07) is 16.4. The number of aromatic nitrogens is 3. The minimum atomic E-state index is -0.435. The molecule has 1 aromatic carbocycles. The number of H-pyrrole nitrogens is 1. The fourth-order valence-electron chi connectivity index (χ4n) is 2.98. The third-order valence-corrected chi connectivity index (χ3v) is 4.20. The number of carbonyl (C=O) groups excluding carboxylic acids is 1. The highest BCUT2D eigenvalue weighted by atomic mass is 16.1. The van der Waals surface area contributed by atoms with E-state index in [1.165, 1.54) is 6.08 Å². The molecule has 0 atom stereocenters. The van der Waals surface area contributed by atoms with Crippen molar-refractivity contribution < 1.29 is 4.79 Å². The summed E-state index contributed by atoms with van der Waals surface area (Å²) in [4.78, 5) is 36.8. The van der Waals surface area contributed by atoms with Gasteiger partial charge in [0.1, 0.15) is 0 Å². The van der Waals surface area contributed by atoms with Crippen LogP contribution in [-0.2, 0) is 0 Å². The maximum absolute atomic E-state index is 12.9. The topological polar surface area (TPSA) is 75.7 Å². The molecule has 0 saturated carbocycles. The van der Waals surface area contributed by atoms with Crippen molar-refractivity contribution in [1.29, 1.82) is 0 Å². The van der Waals surface area contributed by atoms with Gasteiger partial charge in [-0.1, -0.05) is 30.3 Å². The predicted octanol–water partition coefficient (Wildman–Crippen LogP) is 3.88. The van der Waals surface area contributed by atoms with Crippen LogP contribution in [0.2, 0.25) is 0 Å². The van der Waals surface area contributed by atoms with Gasteiger partial charge in [0.25, 0.3) is 5.56 Å². The van der Waals surface area contributed by atoms with Crippen LogP contribution >= 0.6 is 0 Å². The number of hydrogen-bond donors (Lipinski definition) is 1. The van der Waals surface area contributed by atoms with E-state index in [2.05, 4.69) is 15.0 Å². The standard InChI is InChI=1S/C22H15N3O2/c26-19(11-10-15-6-5-12-23-14-15)21-20(18-9-3-4-13-24-18)16-7-1-2-8-17(16)25-22(21)27/h1-14H,(H,25,27)/b11-10+. The summed E-state index contributed by atoms with van der Waals surface area (Å²) in [6.45, 7) is 0. The van der Waals surface area contributed by atoms with Crippen LogP contribution in [0.1, 0.15) is 15.9 Å². The van der Waals surface area contributed by atoms with E-state index in [9.17, 15) is 9.59 Å². The first kappa shape index (κ1) is 16.6. The van der Waals surface area contributed by atoms with Gasteiger partial charge in [0, 0.05) is 35.1 Å². The summed E-state index contributed by atoms with van der Waals surface area (Å²) < 4.78 is 0. The molecule has 0 unspecified atom stereocenters. The van der Waals surface area contributed by atoms with E-state index in [4.69, 9.17) is 0 Å². The van der Waals surface area contributed by atoms with E-state index < -0.39 is 5.56 Å². The second kappa shape index (κ2) is 7.17. The van der Waals surface area contributed by atoms with Crippen LogP contribution in [-0.4, -0.2) is 20.7 Å². The number of rotatable bonds is 4. The van der Waals surface area contributed by atoms with Crippen molar-refractivity contribution in [1.82, 2.24) is 15.0 Å². The number of nitrogens with one attached hydrogen (secondary N) is 1. The molecule has 5 nitrogen and oxygen atoms in total. The average Bonchev–Trinajstić information content (AvgIpc) is 2.72.